The van der Waals surface area contributed by atoms with E-state index in [0.717, 1.165) is 12.0 Å². The highest BCUT2D eigenvalue weighted by molar-refractivity contribution is 6.00. The molecular weight excluding hydrogens is 516 g/mol. The number of rotatable bonds is 9. The quantitative estimate of drug-likeness (QED) is 0.267. The molecule has 7 nitrogen and oxygen atoms in total. The highest BCUT2D eigenvalue weighted by atomic mass is 16.6. The van der Waals surface area contributed by atoms with Gasteiger partial charge in [0.15, 0.2) is 5.41 Å². The maximum absolute atomic E-state index is 14.4. The zero-order chi connectivity index (χ0) is 31.0. The average Bonchev–Trinajstić information content (AvgIpc) is 2.84. The monoisotopic (exact) mass is 572 g/mol. The second-order valence-electron chi connectivity index (χ2n) is 15.3. The molecule has 41 heavy (non-hydrogen) atoms. The van der Waals surface area contributed by atoms with Crippen LogP contribution < -0.4 is 0 Å². The molecule has 0 spiro atoms. The molecule has 2 aliphatic rings. The van der Waals surface area contributed by atoms with Crippen LogP contribution >= 0.6 is 0 Å². The second kappa shape index (κ2) is 11.9. The first-order valence-corrected chi connectivity index (χ1v) is 15.4. The molecule has 7 heteroatoms. The minimum Gasteiger partial charge on any atom is -0.508 e. The molecule has 1 aromatic rings. The molecule has 2 heterocycles. The highest BCUT2D eigenvalue weighted by Crippen LogP contribution is 2.43. The third-order valence-electron chi connectivity index (χ3n) is 10.3. The maximum Gasteiger partial charge on any atom is 0.324 e. The van der Waals surface area contributed by atoms with E-state index in [1.165, 1.54) is 0 Å². The van der Waals surface area contributed by atoms with Gasteiger partial charge in [0.1, 0.15) is 18.0 Å². The van der Waals surface area contributed by atoms with E-state index >= 15 is 0 Å². The van der Waals surface area contributed by atoms with E-state index in [1.54, 1.807) is 24.3 Å². The van der Waals surface area contributed by atoms with Crippen LogP contribution in [0.5, 0.6) is 5.75 Å². The van der Waals surface area contributed by atoms with E-state index in [4.69, 9.17) is 9.47 Å². The minimum atomic E-state index is -1.47. The van der Waals surface area contributed by atoms with Gasteiger partial charge in [0.05, 0.1) is 0 Å². The van der Waals surface area contributed by atoms with Crippen LogP contribution in [0.4, 0.5) is 0 Å². The normalized spacial score (nSPS) is 23.2. The molecule has 1 aromatic carbocycles. The van der Waals surface area contributed by atoms with Gasteiger partial charge in [0, 0.05) is 47.8 Å². The molecule has 0 aliphatic carbocycles. The Labute approximate surface area is 249 Å². The van der Waals surface area contributed by atoms with E-state index in [9.17, 15) is 14.7 Å². The number of piperidine rings is 2. The number of phenolic OH excluding ortho intramolecular Hbond substituents is 1. The third-order valence-corrected chi connectivity index (χ3v) is 10.3. The molecule has 0 unspecified atom stereocenters. The summed E-state index contributed by atoms with van der Waals surface area (Å²) >= 11 is 0. The molecule has 2 saturated heterocycles. The Kier molecular flexibility index (Phi) is 9.67. The summed E-state index contributed by atoms with van der Waals surface area (Å²) in [6.07, 6.45) is 4.18. The summed E-state index contributed by atoms with van der Waals surface area (Å²) in [7, 11) is 4.24. The van der Waals surface area contributed by atoms with Crippen molar-refractivity contribution in [2.45, 2.75) is 148 Å². The first kappa shape index (κ1) is 33.4. The average molecular weight is 573 g/mol. The standard InChI is InChI=1S/C34H56N2O5/c1-12-13-18-34(19-24-14-16-25(37)17-15-24,28(38)40-26-20-30(2,3)35(10)31(4,5)21-26)29(39)41-27-22-32(6,7)36(11)33(8,9)23-27/h14-17,26-27,37H,12-13,18-23H2,1-11H3. The topological polar surface area (TPSA) is 79.3 Å². The number of hydrogen-bond donors (Lipinski definition) is 1. The third kappa shape index (κ3) is 7.27. The summed E-state index contributed by atoms with van der Waals surface area (Å²) in [5.74, 6) is -0.835. The number of unbranched alkanes of at least 4 members (excludes halogenated alkanes) is 1. The largest absolute Gasteiger partial charge is 0.508 e. The van der Waals surface area contributed by atoms with E-state index < -0.39 is 17.4 Å². The SMILES string of the molecule is CCCCC(Cc1ccc(O)cc1)(C(=O)OC1CC(C)(C)N(C)C(C)(C)C1)C(=O)OC1CC(C)(C)N(C)C(C)(C)C1. The summed E-state index contributed by atoms with van der Waals surface area (Å²) in [6, 6.07) is 6.75. The van der Waals surface area contributed by atoms with Crippen LogP contribution in [0.25, 0.3) is 0 Å². The molecule has 0 saturated carbocycles. The fourth-order valence-corrected chi connectivity index (χ4v) is 7.22. The fourth-order valence-electron chi connectivity index (χ4n) is 7.22. The van der Waals surface area contributed by atoms with Crippen LogP contribution in [0, 0.1) is 5.41 Å². The maximum atomic E-state index is 14.4. The number of aromatic hydroxyl groups is 1. The lowest BCUT2D eigenvalue weighted by molar-refractivity contribution is -0.188. The van der Waals surface area contributed by atoms with Gasteiger partial charge in [-0.2, -0.15) is 0 Å². The van der Waals surface area contributed by atoms with Crippen molar-refractivity contribution < 1.29 is 24.2 Å². The van der Waals surface area contributed by atoms with Gasteiger partial charge in [0.2, 0.25) is 0 Å². The fraction of sp³-hybridized carbons (Fsp3) is 0.765. The predicted molar refractivity (Wildman–Crippen MR) is 164 cm³/mol. The molecule has 2 fully saturated rings. The lowest BCUT2D eigenvalue weighted by Gasteiger charge is -2.53. The number of ether oxygens (including phenoxy) is 2. The Morgan fingerprint density at radius 2 is 1.15 bits per heavy atom. The first-order chi connectivity index (χ1) is 18.8. The van der Waals surface area contributed by atoms with Gasteiger partial charge in [-0.05, 0) is 100 Å². The summed E-state index contributed by atoms with van der Waals surface area (Å²) in [5, 5.41) is 9.90. The number of carbonyl (C=O) groups is 2. The van der Waals surface area contributed by atoms with Crippen LogP contribution in [-0.4, -0.2) is 75.3 Å². The number of benzene rings is 1. The van der Waals surface area contributed by atoms with Gasteiger partial charge in [-0.25, -0.2) is 0 Å². The second-order valence-corrected chi connectivity index (χ2v) is 15.3. The van der Waals surface area contributed by atoms with Crippen molar-refractivity contribution in [2.24, 2.45) is 5.41 Å². The van der Waals surface area contributed by atoms with E-state index in [1.807, 2.05) is 0 Å². The lowest BCUT2D eigenvalue weighted by atomic mass is 9.75. The minimum absolute atomic E-state index is 0.143. The Balaban J connectivity index is 1.99. The summed E-state index contributed by atoms with van der Waals surface area (Å²) in [6.45, 7) is 19.5. The molecule has 2 aliphatic heterocycles. The number of esters is 2. The van der Waals surface area contributed by atoms with Crippen molar-refractivity contribution in [2.75, 3.05) is 14.1 Å². The van der Waals surface area contributed by atoms with Crippen LogP contribution in [-0.2, 0) is 25.5 Å². The number of hydrogen-bond acceptors (Lipinski definition) is 7. The van der Waals surface area contributed by atoms with Gasteiger partial charge in [-0.1, -0.05) is 31.9 Å². The Morgan fingerprint density at radius 3 is 1.49 bits per heavy atom. The predicted octanol–water partition coefficient (Wildman–Crippen LogP) is 6.50. The van der Waals surface area contributed by atoms with Crippen molar-refractivity contribution in [3.8, 4) is 5.75 Å². The van der Waals surface area contributed by atoms with Gasteiger partial charge in [-0.15, -0.1) is 0 Å². The van der Waals surface area contributed by atoms with Gasteiger partial charge >= 0.3 is 11.9 Å². The van der Waals surface area contributed by atoms with E-state index in [0.29, 0.717) is 38.5 Å². The molecule has 0 aromatic heterocycles. The molecule has 3 rings (SSSR count). The molecule has 232 valence electrons. The number of nitrogens with zero attached hydrogens (tertiary/aromatic N) is 2. The Morgan fingerprint density at radius 1 is 0.780 bits per heavy atom. The number of likely N-dealkylation sites (tertiary alicyclic amines) is 2. The molecular formula is C34H56N2O5. The van der Waals surface area contributed by atoms with Crippen molar-refractivity contribution in [1.82, 2.24) is 9.80 Å². The molecule has 1 N–H and O–H groups in total. The molecule has 0 amide bonds. The highest BCUT2D eigenvalue weighted by Gasteiger charge is 2.53. The van der Waals surface area contributed by atoms with Crippen LogP contribution in [0.2, 0.25) is 0 Å². The van der Waals surface area contributed by atoms with Crippen molar-refractivity contribution in [1.29, 1.82) is 0 Å². The molecule has 0 atom stereocenters. The number of carbonyl (C=O) groups excluding carboxylic acids is 2. The van der Waals surface area contributed by atoms with Gasteiger partial charge in [0.25, 0.3) is 0 Å². The summed E-state index contributed by atoms with van der Waals surface area (Å²) in [5.41, 5.74) is -1.34. The van der Waals surface area contributed by atoms with Gasteiger partial charge < -0.3 is 14.6 Å². The van der Waals surface area contributed by atoms with Crippen molar-refractivity contribution in [3.05, 3.63) is 29.8 Å². The Bertz CT molecular complexity index is 983. The van der Waals surface area contributed by atoms with E-state index in [2.05, 4.69) is 86.2 Å². The van der Waals surface area contributed by atoms with Crippen LogP contribution in [0.3, 0.4) is 0 Å². The zero-order valence-corrected chi connectivity index (χ0v) is 27.6. The Hall–Kier alpha value is -2.12. The summed E-state index contributed by atoms with van der Waals surface area (Å²) in [4.78, 5) is 33.5. The van der Waals surface area contributed by atoms with Crippen molar-refractivity contribution >= 4 is 11.9 Å². The first-order valence-electron chi connectivity index (χ1n) is 15.4. The van der Waals surface area contributed by atoms with Crippen LogP contribution in [0.15, 0.2) is 24.3 Å². The van der Waals surface area contributed by atoms with Gasteiger partial charge in [-0.3, -0.25) is 19.4 Å². The van der Waals surface area contributed by atoms with E-state index in [-0.39, 0.29) is 46.5 Å². The lowest BCUT2D eigenvalue weighted by Crippen LogP contribution is -2.61. The zero-order valence-electron chi connectivity index (χ0n) is 27.6. The molecule has 0 bridgehead atoms. The van der Waals surface area contributed by atoms with Crippen molar-refractivity contribution in [3.63, 3.8) is 0 Å². The number of phenols is 1. The summed E-state index contributed by atoms with van der Waals surface area (Å²) < 4.78 is 12.7. The smallest absolute Gasteiger partial charge is 0.324 e. The van der Waals surface area contributed by atoms with Crippen LogP contribution in [0.1, 0.15) is 113 Å². The molecule has 0 radical (unpaired) electrons.